The molecule has 26 heteroatoms. The van der Waals surface area contributed by atoms with Gasteiger partial charge in [0.25, 0.3) is 5.91 Å². The molecule has 13 rings (SSSR count). The summed E-state index contributed by atoms with van der Waals surface area (Å²) in [5, 5.41) is 108. The summed E-state index contributed by atoms with van der Waals surface area (Å²) in [5.41, 5.74) is 2.35. The van der Waals surface area contributed by atoms with Gasteiger partial charge in [-0.15, -0.1) is 0 Å². The van der Waals surface area contributed by atoms with Crippen molar-refractivity contribution in [2.45, 2.75) is 61.4 Å². The number of phenolic OH excluding ortho intramolecular Hbond substituents is 6. The molecule has 0 unspecified atom stereocenters. The summed E-state index contributed by atoms with van der Waals surface area (Å²) in [5.74, 6) is -13.4. The molecule has 17 bridgehead atoms. The molecule has 7 aromatic carbocycles. The fraction of sp³-hybridized carbons (Fsp3) is 0.183. The van der Waals surface area contributed by atoms with Crippen molar-refractivity contribution in [3.63, 3.8) is 0 Å². The monoisotopic (exact) mass is 1170 g/mol. The fourth-order valence-corrected chi connectivity index (χ4v) is 10.4. The van der Waals surface area contributed by atoms with Gasteiger partial charge in [-0.25, -0.2) is 4.79 Å². The molecular formula is C60H52N7O19+. The van der Waals surface area contributed by atoms with E-state index < -0.39 is 142 Å². The number of carbonyl (C=O) groups is 7. The molecule has 6 heterocycles. The molecular weight excluding hydrogens is 1120 g/mol. The molecule has 0 aromatic heterocycles. The summed E-state index contributed by atoms with van der Waals surface area (Å²) in [6.45, 7) is 1.43. The fourth-order valence-electron chi connectivity index (χ4n) is 10.4. The number of ether oxygens (including phenoxy) is 4. The van der Waals surface area contributed by atoms with Crippen molar-refractivity contribution < 1.29 is 99.1 Å². The topological polar surface area (TPSA) is 418 Å². The molecule has 17 N–H and O–H groups in total. The number of phenols is 6. The second-order valence-electron chi connectivity index (χ2n) is 20.6. The predicted octanol–water partition coefficient (Wildman–Crippen LogP) is 2.85. The zero-order chi connectivity index (χ0) is 61.2. The Morgan fingerprint density at radius 1 is 0.465 bits per heavy atom. The molecule has 0 radical (unpaired) electrons. The van der Waals surface area contributed by atoms with E-state index in [2.05, 4.69) is 37.6 Å². The molecule has 26 nitrogen and oxygen atoms in total. The van der Waals surface area contributed by atoms with E-state index in [1.54, 1.807) is 0 Å². The van der Waals surface area contributed by atoms with Gasteiger partial charge >= 0.3 is 5.97 Å². The standard InChI is InChI=1S/C60H51N7O19/c1-23-37(71)16-28-18-39(23)86-40-17-26(7-14-36(40)70)44(61)54(76)66-49-51(73)24-3-9-31(10-4-24)84-41-19-29-20-42(53(41)75)85-32-11-5-25(6-12-32)52(74)50-59(81)65-48(60(82)83-2)34-21-30(68)22-38(72)43(34)33-15-27(8-13-35(33)69)45(55(77)67-50)62-57(79)47(29)63-56(78)46(28)64-58(49)80/h3-22,44-52,68-75H,61H2,1-2H3,(H,62,79)(H,63,78)(H,64,80)(H,65,81)(H,66,76)(H,67,77)/p+1/t44-,45-,46+,47-,48+,49-,50+,51-,52-/m1/s1. The number of rotatable bonds is 1. The van der Waals surface area contributed by atoms with Crippen LogP contribution >= 0.6 is 0 Å². The molecule has 9 atom stereocenters. The van der Waals surface area contributed by atoms with Gasteiger partial charge in [0.2, 0.25) is 35.3 Å². The minimum Gasteiger partial charge on any atom is -0.508 e. The van der Waals surface area contributed by atoms with Crippen molar-refractivity contribution in [3.8, 4) is 80.1 Å². The summed E-state index contributed by atoms with van der Waals surface area (Å²) in [6.07, 6.45) is -3.90. The number of hydrogen-bond acceptors (Lipinski definition) is 19. The third-order valence-corrected chi connectivity index (χ3v) is 15.1. The quantitative estimate of drug-likeness (QED) is 0.105. The number of aliphatic hydroxyl groups is 2. The lowest BCUT2D eigenvalue weighted by atomic mass is 9.89. The van der Waals surface area contributed by atoms with E-state index in [1.807, 2.05) is 0 Å². The highest BCUT2D eigenvalue weighted by Gasteiger charge is 2.42. The van der Waals surface area contributed by atoms with Crippen LogP contribution in [0.3, 0.4) is 0 Å². The van der Waals surface area contributed by atoms with E-state index in [0.717, 1.165) is 49.6 Å². The van der Waals surface area contributed by atoms with Crippen LogP contribution in [0.2, 0.25) is 0 Å². The van der Waals surface area contributed by atoms with E-state index in [9.17, 15) is 60.0 Å². The van der Waals surface area contributed by atoms with Crippen molar-refractivity contribution in [3.05, 3.63) is 166 Å². The maximum atomic E-state index is 15.7. The van der Waals surface area contributed by atoms with Crippen LogP contribution in [0.15, 0.2) is 121 Å². The van der Waals surface area contributed by atoms with Gasteiger partial charge in [-0.3, -0.25) is 28.8 Å². The largest absolute Gasteiger partial charge is 0.508 e. The van der Waals surface area contributed by atoms with Gasteiger partial charge in [0.15, 0.2) is 35.1 Å². The summed E-state index contributed by atoms with van der Waals surface area (Å²) in [6, 6.07) is 10.7. The second-order valence-corrected chi connectivity index (χ2v) is 20.6. The highest BCUT2D eigenvalue weighted by molar-refractivity contribution is 6.00. The Hall–Kier alpha value is -11.1. The van der Waals surface area contributed by atoms with Crippen molar-refractivity contribution in [1.82, 2.24) is 31.9 Å². The molecule has 86 heavy (non-hydrogen) atoms. The number of esters is 1. The number of fused-ring (bicyclic) bond motifs is 14. The first-order valence-electron chi connectivity index (χ1n) is 26.3. The van der Waals surface area contributed by atoms with E-state index in [4.69, 9.17) is 18.9 Å². The maximum absolute atomic E-state index is 15.7. The molecule has 6 aliphatic rings. The predicted molar refractivity (Wildman–Crippen MR) is 294 cm³/mol. The van der Waals surface area contributed by atoms with E-state index >= 15 is 14.4 Å². The van der Waals surface area contributed by atoms with E-state index in [-0.39, 0.29) is 78.6 Å². The van der Waals surface area contributed by atoms with Gasteiger partial charge in [-0.1, -0.05) is 30.3 Å². The average molecular weight is 1180 g/mol. The van der Waals surface area contributed by atoms with Crippen LogP contribution in [0.25, 0.3) is 11.1 Å². The highest BCUT2D eigenvalue weighted by atomic mass is 16.5. The van der Waals surface area contributed by atoms with Crippen LogP contribution in [-0.4, -0.2) is 101 Å². The molecule has 0 fully saturated rings. The number of benzene rings is 7. The molecule has 7 aromatic rings. The summed E-state index contributed by atoms with van der Waals surface area (Å²) >= 11 is 0. The Labute approximate surface area is 485 Å². The van der Waals surface area contributed by atoms with Gasteiger partial charge in [-0.2, -0.15) is 0 Å². The summed E-state index contributed by atoms with van der Waals surface area (Å²) < 4.78 is 23.6. The molecule has 440 valence electrons. The number of quaternary nitrogens is 1. The van der Waals surface area contributed by atoms with Crippen LogP contribution in [-0.2, 0) is 38.3 Å². The molecule has 0 saturated heterocycles. The highest BCUT2D eigenvalue weighted by Crippen LogP contribution is 2.47. The number of aromatic hydroxyl groups is 6. The number of carbonyl (C=O) groups excluding carboxylic acids is 7. The van der Waals surface area contributed by atoms with Gasteiger partial charge in [0, 0.05) is 33.9 Å². The van der Waals surface area contributed by atoms with Crippen molar-refractivity contribution in [2.75, 3.05) is 7.11 Å². The Balaban J connectivity index is 1.14. The van der Waals surface area contributed by atoms with Gasteiger partial charge < -0.3 is 97.4 Å². The molecule has 0 aliphatic carbocycles. The zero-order valence-corrected chi connectivity index (χ0v) is 45.0. The smallest absolute Gasteiger partial charge is 0.333 e. The SMILES string of the molecule is COC(=O)[C@H]1NC(=O)[C@H]2NC(=O)[C@H](NC(=O)[C@@H]3NC(=O)[C@H]4NC(=O)[C@H](NC(=O)[C@H]([NH3+])c5ccc(O)c(c5)Oc5cc4cc(O)c5C)[C@H](O)c4ccc(cc4)Oc4cc3cc(c4O)Oc3ccc(cc3)[C@H]2O)c2ccc(O)c(c2)-c2c(O)cc(O)cc21. The Bertz CT molecular complexity index is 3990. The lowest BCUT2D eigenvalue weighted by Gasteiger charge is -2.31. The summed E-state index contributed by atoms with van der Waals surface area (Å²) in [7, 11) is 0.976. The van der Waals surface area contributed by atoms with Crippen LogP contribution in [0.5, 0.6) is 69.0 Å². The van der Waals surface area contributed by atoms with Gasteiger partial charge in [-0.05, 0) is 120 Å². The maximum Gasteiger partial charge on any atom is 0.333 e. The lowest BCUT2D eigenvalue weighted by molar-refractivity contribution is -0.409. The Morgan fingerprint density at radius 2 is 0.942 bits per heavy atom. The number of nitrogens with one attached hydrogen (secondary N) is 6. The zero-order valence-electron chi connectivity index (χ0n) is 45.0. The number of hydrogen-bond donors (Lipinski definition) is 15. The van der Waals surface area contributed by atoms with Crippen LogP contribution in [0.4, 0.5) is 0 Å². The molecule has 0 spiro atoms. The van der Waals surface area contributed by atoms with Crippen molar-refractivity contribution in [1.29, 1.82) is 0 Å². The third-order valence-electron chi connectivity index (χ3n) is 15.1. The first-order valence-corrected chi connectivity index (χ1v) is 26.3. The minimum absolute atomic E-state index is 0.0258. The summed E-state index contributed by atoms with van der Waals surface area (Å²) in [4.78, 5) is 104. The third kappa shape index (κ3) is 10.6. The van der Waals surface area contributed by atoms with Gasteiger partial charge in [0.05, 0.1) is 7.11 Å². The van der Waals surface area contributed by atoms with Crippen LogP contribution < -0.4 is 51.8 Å². The number of aliphatic hydroxyl groups excluding tert-OH is 2. The molecule has 0 saturated carbocycles. The van der Waals surface area contributed by atoms with E-state index in [0.29, 0.717) is 0 Å². The minimum atomic E-state index is -2.13. The first kappa shape index (κ1) is 56.8. The van der Waals surface area contributed by atoms with Crippen LogP contribution in [0, 0.1) is 6.92 Å². The first-order chi connectivity index (χ1) is 41.0. The van der Waals surface area contributed by atoms with Crippen molar-refractivity contribution in [2.24, 2.45) is 0 Å². The molecule has 6 aliphatic heterocycles. The average Bonchev–Trinajstić information content (AvgIpc) is 2.08. The van der Waals surface area contributed by atoms with Crippen LogP contribution in [0.1, 0.15) is 86.9 Å². The normalized spacial score (nSPS) is 22.7. The number of methoxy groups -OCH3 is 1. The van der Waals surface area contributed by atoms with E-state index in [1.165, 1.54) is 85.8 Å². The Morgan fingerprint density at radius 3 is 1.53 bits per heavy atom. The second kappa shape index (κ2) is 22.2. The Kier molecular flexibility index (Phi) is 14.7. The van der Waals surface area contributed by atoms with Crippen molar-refractivity contribution >= 4 is 41.4 Å². The molecule has 6 amide bonds. The van der Waals surface area contributed by atoms with Gasteiger partial charge in [0.1, 0.15) is 82.7 Å². The number of amides is 6. The lowest BCUT2D eigenvalue weighted by Crippen LogP contribution is -2.63.